The third kappa shape index (κ3) is 1.74. The van der Waals surface area contributed by atoms with Crippen LogP contribution in [0.5, 0.6) is 0 Å². The lowest BCUT2D eigenvalue weighted by atomic mass is 10.0. The van der Waals surface area contributed by atoms with Gasteiger partial charge in [-0.25, -0.2) is 18.0 Å². The number of aliphatic carboxylic acids is 1. The summed E-state index contributed by atoms with van der Waals surface area (Å²) in [4.78, 5) is 10.4. The second-order valence-corrected chi connectivity index (χ2v) is 3.65. The van der Waals surface area contributed by atoms with Crippen molar-refractivity contribution < 1.29 is 23.1 Å². The van der Waals surface area contributed by atoms with Crippen LogP contribution in [0.25, 0.3) is 0 Å². The lowest BCUT2D eigenvalue weighted by molar-refractivity contribution is -0.132. The molecule has 0 aromatic carbocycles. The number of carboxylic acid groups (broad SMARTS) is 1. The molecular formula is C7H3Cl2F3O2. The fourth-order valence-electron chi connectivity index (χ4n) is 0.960. The molecule has 1 aliphatic rings. The van der Waals surface area contributed by atoms with E-state index in [9.17, 15) is 18.0 Å². The molecule has 1 atom stereocenters. The smallest absolute Gasteiger partial charge is 0.339 e. The van der Waals surface area contributed by atoms with Gasteiger partial charge in [0.2, 0.25) is 5.13 Å². The number of halogens is 5. The molecule has 0 fully saturated rings. The van der Waals surface area contributed by atoms with E-state index in [1.165, 1.54) is 0 Å². The summed E-state index contributed by atoms with van der Waals surface area (Å²) < 4.78 is 38.7. The van der Waals surface area contributed by atoms with Crippen LogP contribution in [-0.4, -0.2) is 16.2 Å². The number of hydrogen-bond donors (Lipinski definition) is 1. The second kappa shape index (κ2) is 3.47. The standard InChI is InChI=1S/C7H3Cl2F3O2/c8-2-1-7(9,12)5(11)4(10)3(2)6(13)14/h1H2,(H,13,14). The van der Waals surface area contributed by atoms with Gasteiger partial charge in [0.25, 0.3) is 0 Å². The van der Waals surface area contributed by atoms with Crippen LogP contribution >= 0.6 is 23.2 Å². The summed E-state index contributed by atoms with van der Waals surface area (Å²) in [6, 6.07) is 0. The van der Waals surface area contributed by atoms with Crippen molar-refractivity contribution in [3.63, 3.8) is 0 Å². The Labute approximate surface area is 86.6 Å². The molecule has 0 aromatic heterocycles. The third-order valence-electron chi connectivity index (χ3n) is 1.60. The topological polar surface area (TPSA) is 37.3 Å². The molecule has 0 bridgehead atoms. The Morgan fingerprint density at radius 1 is 1.50 bits per heavy atom. The van der Waals surface area contributed by atoms with Gasteiger partial charge in [0, 0.05) is 11.5 Å². The third-order valence-corrected chi connectivity index (χ3v) is 2.22. The summed E-state index contributed by atoms with van der Waals surface area (Å²) in [5, 5.41) is 4.66. The minimum absolute atomic E-state index is 0.658. The predicted molar refractivity (Wildman–Crippen MR) is 44.1 cm³/mol. The molecule has 14 heavy (non-hydrogen) atoms. The van der Waals surface area contributed by atoms with Crippen LogP contribution in [0, 0.1) is 0 Å². The summed E-state index contributed by atoms with van der Waals surface area (Å²) in [5.74, 6) is -5.60. The largest absolute Gasteiger partial charge is 0.478 e. The molecular weight excluding hydrogens is 244 g/mol. The normalized spacial score (nSPS) is 28.4. The number of rotatable bonds is 1. The van der Waals surface area contributed by atoms with Crippen LogP contribution < -0.4 is 0 Å². The monoisotopic (exact) mass is 246 g/mol. The molecule has 0 saturated heterocycles. The Kier molecular flexibility index (Phi) is 2.83. The lowest BCUT2D eigenvalue weighted by Crippen LogP contribution is -2.23. The molecule has 2 nitrogen and oxygen atoms in total. The number of hydrogen-bond acceptors (Lipinski definition) is 1. The molecule has 0 heterocycles. The summed E-state index contributed by atoms with van der Waals surface area (Å²) >= 11 is 10.2. The first-order chi connectivity index (χ1) is 6.27. The zero-order valence-electron chi connectivity index (χ0n) is 6.45. The predicted octanol–water partition coefficient (Wildman–Crippen LogP) is 3.02. The Balaban J connectivity index is 3.31. The van der Waals surface area contributed by atoms with Crippen molar-refractivity contribution in [2.24, 2.45) is 0 Å². The number of carboxylic acids is 1. The van der Waals surface area contributed by atoms with Crippen molar-refractivity contribution in [2.45, 2.75) is 11.5 Å². The summed E-state index contributed by atoms with van der Waals surface area (Å²) in [6.07, 6.45) is -0.906. The van der Waals surface area contributed by atoms with Gasteiger partial charge in [0.15, 0.2) is 11.7 Å². The van der Waals surface area contributed by atoms with Crippen molar-refractivity contribution in [1.29, 1.82) is 0 Å². The van der Waals surface area contributed by atoms with E-state index in [2.05, 4.69) is 0 Å². The van der Waals surface area contributed by atoms with Crippen molar-refractivity contribution in [3.8, 4) is 0 Å². The minimum atomic E-state index is -3.10. The van der Waals surface area contributed by atoms with Gasteiger partial charge < -0.3 is 5.11 Å². The van der Waals surface area contributed by atoms with E-state index in [4.69, 9.17) is 28.3 Å². The Bertz CT molecular complexity index is 360. The highest BCUT2D eigenvalue weighted by Crippen LogP contribution is 2.45. The maximum Gasteiger partial charge on any atom is 0.339 e. The maximum atomic E-state index is 13.0. The van der Waals surface area contributed by atoms with Crippen molar-refractivity contribution in [1.82, 2.24) is 0 Å². The quantitative estimate of drug-likeness (QED) is 0.723. The van der Waals surface area contributed by atoms with Gasteiger partial charge in [-0.2, -0.15) is 0 Å². The van der Waals surface area contributed by atoms with Gasteiger partial charge in [0.1, 0.15) is 5.57 Å². The van der Waals surface area contributed by atoms with E-state index in [1.54, 1.807) is 0 Å². The molecule has 0 saturated carbocycles. The lowest BCUT2D eigenvalue weighted by Gasteiger charge is -2.21. The summed E-state index contributed by atoms with van der Waals surface area (Å²) in [7, 11) is 0. The van der Waals surface area contributed by atoms with E-state index in [0.717, 1.165) is 0 Å². The Morgan fingerprint density at radius 3 is 2.43 bits per heavy atom. The molecule has 0 radical (unpaired) electrons. The van der Waals surface area contributed by atoms with E-state index in [0.29, 0.717) is 0 Å². The molecule has 1 aliphatic carbocycles. The average molecular weight is 247 g/mol. The zero-order chi connectivity index (χ0) is 11.1. The van der Waals surface area contributed by atoms with E-state index in [-0.39, 0.29) is 0 Å². The Hall–Kier alpha value is -0.680. The Morgan fingerprint density at radius 2 is 2.00 bits per heavy atom. The molecule has 0 aromatic rings. The van der Waals surface area contributed by atoms with Crippen molar-refractivity contribution in [3.05, 3.63) is 22.3 Å². The highest BCUT2D eigenvalue weighted by molar-refractivity contribution is 6.34. The fraction of sp³-hybridized carbons (Fsp3) is 0.286. The summed E-state index contributed by atoms with van der Waals surface area (Å²) in [6.45, 7) is 0. The van der Waals surface area contributed by atoms with E-state index in [1.807, 2.05) is 0 Å². The molecule has 0 amide bonds. The molecule has 7 heteroatoms. The second-order valence-electron chi connectivity index (χ2n) is 2.59. The first-order valence-electron chi connectivity index (χ1n) is 3.33. The van der Waals surface area contributed by atoms with E-state index >= 15 is 0 Å². The number of carbonyl (C=O) groups is 1. The SMILES string of the molecule is O=C(O)C1=C(Cl)CC(F)(Cl)C(F)=C1F. The molecule has 1 N–H and O–H groups in total. The highest BCUT2D eigenvalue weighted by Gasteiger charge is 2.43. The number of alkyl halides is 2. The van der Waals surface area contributed by atoms with Gasteiger partial charge in [-0.15, -0.1) is 0 Å². The first-order valence-corrected chi connectivity index (χ1v) is 4.09. The van der Waals surface area contributed by atoms with Gasteiger partial charge in [0.05, 0.1) is 0 Å². The van der Waals surface area contributed by atoms with Crippen LogP contribution in [-0.2, 0) is 4.79 Å². The van der Waals surface area contributed by atoms with Gasteiger partial charge in [-0.05, 0) is 0 Å². The van der Waals surface area contributed by atoms with Crippen molar-refractivity contribution >= 4 is 29.2 Å². The minimum Gasteiger partial charge on any atom is -0.478 e. The van der Waals surface area contributed by atoms with Crippen LogP contribution in [0.2, 0.25) is 0 Å². The first kappa shape index (κ1) is 11.4. The van der Waals surface area contributed by atoms with Gasteiger partial charge in [-0.1, -0.05) is 23.2 Å². The average Bonchev–Trinajstić information content (AvgIpc) is 1.98. The fourth-order valence-corrected chi connectivity index (χ4v) is 1.59. The van der Waals surface area contributed by atoms with Crippen LogP contribution in [0.3, 0.4) is 0 Å². The molecule has 1 unspecified atom stereocenters. The van der Waals surface area contributed by atoms with E-state index < -0.39 is 39.8 Å². The zero-order valence-corrected chi connectivity index (χ0v) is 7.96. The maximum absolute atomic E-state index is 13.0. The molecule has 0 aliphatic heterocycles. The molecule has 78 valence electrons. The van der Waals surface area contributed by atoms with Crippen LogP contribution in [0.1, 0.15) is 6.42 Å². The van der Waals surface area contributed by atoms with Crippen molar-refractivity contribution in [2.75, 3.05) is 0 Å². The van der Waals surface area contributed by atoms with Crippen LogP contribution in [0.15, 0.2) is 22.3 Å². The number of allylic oxidation sites excluding steroid dienone is 2. The van der Waals surface area contributed by atoms with Gasteiger partial charge in [-0.3, -0.25) is 0 Å². The summed E-state index contributed by atoms with van der Waals surface area (Å²) in [5.41, 5.74) is -1.09. The molecule has 0 spiro atoms. The highest BCUT2D eigenvalue weighted by atomic mass is 35.5. The molecule has 1 rings (SSSR count). The van der Waals surface area contributed by atoms with Gasteiger partial charge >= 0.3 is 5.97 Å². The van der Waals surface area contributed by atoms with Crippen LogP contribution in [0.4, 0.5) is 13.2 Å².